The second-order valence-corrected chi connectivity index (χ2v) is 5.85. The van der Waals surface area contributed by atoms with Crippen LogP contribution in [0.4, 0.5) is 0 Å². The van der Waals surface area contributed by atoms with Gasteiger partial charge in [-0.15, -0.1) is 0 Å². The first kappa shape index (κ1) is 16.1. The number of carbonyl (C=O) groups is 1. The molecule has 0 saturated carbocycles. The van der Waals surface area contributed by atoms with Gasteiger partial charge in [-0.05, 0) is 38.1 Å². The number of esters is 1. The highest BCUT2D eigenvalue weighted by atomic mass is 32.2. The molecule has 1 atom stereocenters. The second kappa shape index (κ2) is 7.14. The van der Waals surface area contributed by atoms with Gasteiger partial charge in [-0.1, -0.05) is 11.8 Å². The number of ether oxygens (including phenoxy) is 2. The van der Waals surface area contributed by atoms with Crippen LogP contribution >= 0.6 is 11.8 Å². The van der Waals surface area contributed by atoms with Crippen molar-refractivity contribution < 1.29 is 14.3 Å². The largest absolute Gasteiger partial charge is 0.497 e. The number of benzene rings is 1. The van der Waals surface area contributed by atoms with Crippen LogP contribution in [0.3, 0.4) is 0 Å². The fraction of sp³-hybridized carbons (Fsp3) is 0.312. The minimum atomic E-state index is -0.421. The summed E-state index contributed by atoms with van der Waals surface area (Å²) in [4.78, 5) is 16.2. The maximum Gasteiger partial charge on any atom is 0.319 e. The van der Waals surface area contributed by atoms with Crippen molar-refractivity contribution in [3.8, 4) is 11.8 Å². The molecule has 0 saturated heterocycles. The molecule has 1 heterocycles. The van der Waals surface area contributed by atoms with Gasteiger partial charge in [0.2, 0.25) is 0 Å². The Morgan fingerprint density at radius 3 is 2.86 bits per heavy atom. The maximum absolute atomic E-state index is 11.7. The average Bonchev–Trinajstić information content (AvgIpc) is 2.53. The highest BCUT2D eigenvalue weighted by Gasteiger charge is 2.19. The quantitative estimate of drug-likeness (QED) is 0.623. The summed E-state index contributed by atoms with van der Waals surface area (Å²) >= 11 is 1.23. The van der Waals surface area contributed by atoms with Crippen LogP contribution in [0, 0.1) is 11.3 Å². The normalized spacial score (nSPS) is 11.7. The number of hydrogen-bond donors (Lipinski definition) is 0. The van der Waals surface area contributed by atoms with E-state index in [-0.39, 0.29) is 5.97 Å². The predicted molar refractivity (Wildman–Crippen MR) is 85.0 cm³/mol. The van der Waals surface area contributed by atoms with Crippen molar-refractivity contribution in [3.63, 3.8) is 0 Å². The molecule has 5 nitrogen and oxygen atoms in total. The lowest BCUT2D eigenvalue weighted by Crippen LogP contribution is -2.17. The number of rotatable bonds is 5. The van der Waals surface area contributed by atoms with E-state index in [0.717, 1.165) is 10.9 Å². The van der Waals surface area contributed by atoms with Gasteiger partial charge >= 0.3 is 5.97 Å². The number of pyridine rings is 1. The van der Waals surface area contributed by atoms with E-state index in [2.05, 4.69) is 11.1 Å². The van der Waals surface area contributed by atoms with E-state index >= 15 is 0 Å². The molecule has 0 radical (unpaired) electrons. The Balaban J connectivity index is 2.37. The summed E-state index contributed by atoms with van der Waals surface area (Å²) in [5.41, 5.74) is 1.18. The van der Waals surface area contributed by atoms with Crippen LogP contribution in [0.2, 0.25) is 0 Å². The zero-order valence-corrected chi connectivity index (χ0v) is 13.4. The van der Waals surface area contributed by atoms with Gasteiger partial charge in [-0.25, -0.2) is 4.98 Å². The van der Waals surface area contributed by atoms with Crippen LogP contribution in [0.15, 0.2) is 29.3 Å². The molecule has 2 aromatic rings. The summed E-state index contributed by atoms with van der Waals surface area (Å²) in [6.45, 7) is 3.83. The van der Waals surface area contributed by atoms with E-state index in [0.29, 0.717) is 22.9 Å². The van der Waals surface area contributed by atoms with E-state index < -0.39 is 5.25 Å². The molecular formula is C16H16N2O3S. The van der Waals surface area contributed by atoms with E-state index in [1.54, 1.807) is 27.0 Å². The molecule has 0 aliphatic carbocycles. The van der Waals surface area contributed by atoms with E-state index in [1.807, 2.05) is 18.2 Å². The minimum absolute atomic E-state index is 0.312. The molecule has 0 aliphatic heterocycles. The molecule has 0 bridgehead atoms. The first-order chi connectivity index (χ1) is 10.6. The monoisotopic (exact) mass is 316 g/mol. The Bertz CT molecular complexity index is 740. The van der Waals surface area contributed by atoms with Gasteiger partial charge < -0.3 is 9.47 Å². The molecule has 22 heavy (non-hydrogen) atoms. The SMILES string of the molecule is CCOC(=O)[C@@H](C)Sc1nc2ccc(OC)cc2cc1C#N. The molecule has 0 N–H and O–H groups in total. The Kier molecular flexibility index (Phi) is 5.23. The lowest BCUT2D eigenvalue weighted by atomic mass is 10.1. The number of nitriles is 1. The van der Waals surface area contributed by atoms with Crippen LogP contribution in [0.25, 0.3) is 10.9 Å². The third-order valence-electron chi connectivity index (χ3n) is 3.01. The molecule has 0 fully saturated rings. The predicted octanol–water partition coefficient (Wildman–Crippen LogP) is 3.16. The Morgan fingerprint density at radius 1 is 1.45 bits per heavy atom. The second-order valence-electron chi connectivity index (χ2n) is 4.52. The molecule has 0 aliphatic rings. The molecule has 114 valence electrons. The lowest BCUT2D eigenvalue weighted by molar-refractivity contribution is -0.142. The van der Waals surface area contributed by atoms with Crippen LogP contribution in [-0.2, 0) is 9.53 Å². The fourth-order valence-corrected chi connectivity index (χ4v) is 2.79. The van der Waals surface area contributed by atoms with Crippen molar-refractivity contribution in [2.45, 2.75) is 24.1 Å². The number of carbonyl (C=O) groups excluding carboxylic acids is 1. The van der Waals surface area contributed by atoms with Gasteiger partial charge in [0.05, 0.1) is 24.8 Å². The molecule has 0 spiro atoms. The summed E-state index contributed by atoms with van der Waals surface area (Å²) in [6.07, 6.45) is 0. The Labute approximate surface area is 133 Å². The van der Waals surface area contributed by atoms with Gasteiger partial charge in [-0.2, -0.15) is 5.26 Å². The molecule has 2 rings (SSSR count). The molecular weight excluding hydrogens is 300 g/mol. The number of hydrogen-bond acceptors (Lipinski definition) is 6. The van der Waals surface area contributed by atoms with Crippen molar-refractivity contribution in [3.05, 3.63) is 29.8 Å². The van der Waals surface area contributed by atoms with Gasteiger partial charge in [0.15, 0.2) is 0 Å². The molecule has 6 heteroatoms. The van der Waals surface area contributed by atoms with Gasteiger partial charge in [0.1, 0.15) is 22.1 Å². The average molecular weight is 316 g/mol. The van der Waals surface area contributed by atoms with Crippen molar-refractivity contribution >= 4 is 28.6 Å². The van der Waals surface area contributed by atoms with Crippen molar-refractivity contribution in [1.29, 1.82) is 5.26 Å². The number of aromatic nitrogens is 1. The standard InChI is InChI=1S/C16H16N2O3S/c1-4-21-16(19)10(2)22-15-12(9-17)7-11-8-13(20-3)5-6-14(11)18-15/h5-8,10H,4H2,1-3H3/t10-/m1/s1. The molecule has 1 aromatic heterocycles. The molecule has 0 amide bonds. The summed E-state index contributed by atoms with van der Waals surface area (Å²) < 4.78 is 10.2. The maximum atomic E-state index is 11.7. The zero-order chi connectivity index (χ0) is 16.1. The number of nitrogens with zero attached hydrogens (tertiary/aromatic N) is 2. The van der Waals surface area contributed by atoms with Gasteiger partial charge in [-0.3, -0.25) is 4.79 Å². The smallest absolute Gasteiger partial charge is 0.319 e. The number of fused-ring (bicyclic) bond motifs is 1. The number of thioether (sulfide) groups is 1. The highest BCUT2D eigenvalue weighted by Crippen LogP contribution is 2.29. The van der Waals surface area contributed by atoms with Gasteiger partial charge in [0, 0.05) is 5.39 Å². The van der Waals surface area contributed by atoms with Crippen molar-refractivity contribution in [1.82, 2.24) is 4.98 Å². The van der Waals surface area contributed by atoms with Crippen molar-refractivity contribution in [2.75, 3.05) is 13.7 Å². The molecule has 1 aromatic carbocycles. The van der Waals surface area contributed by atoms with Crippen molar-refractivity contribution in [2.24, 2.45) is 0 Å². The van der Waals surface area contributed by atoms with Crippen LogP contribution in [-0.4, -0.2) is 29.9 Å². The summed E-state index contributed by atoms with van der Waals surface area (Å²) in [5.74, 6) is 0.395. The van der Waals surface area contributed by atoms with Crippen LogP contribution < -0.4 is 4.74 Å². The molecule has 0 unspecified atom stereocenters. The zero-order valence-electron chi connectivity index (χ0n) is 12.6. The first-order valence-electron chi connectivity index (χ1n) is 6.81. The summed E-state index contributed by atoms with van der Waals surface area (Å²) in [6, 6.07) is 9.34. The van der Waals surface area contributed by atoms with E-state index in [9.17, 15) is 10.1 Å². The Morgan fingerprint density at radius 2 is 2.23 bits per heavy atom. The fourth-order valence-electron chi connectivity index (χ4n) is 1.91. The van der Waals surface area contributed by atoms with E-state index in [1.165, 1.54) is 11.8 Å². The Hall–Kier alpha value is -2.26. The van der Waals surface area contributed by atoms with E-state index in [4.69, 9.17) is 9.47 Å². The summed E-state index contributed by atoms with van der Waals surface area (Å²) in [7, 11) is 1.59. The summed E-state index contributed by atoms with van der Waals surface area (Å²) in [5, 5.41) is 10.2. The topological polar surface area (TPSA) is 72.2 Å². The lowest BCUT2D eigenvalue weighted by Gasteiger charge is -2.11. The third-order valence-corrected chi connectivity index (χ3v) is 4.09. The first-order valence-corrected chi connectivity index (χ1v) is 7.69. The third kappa shape index (κ3) is 3.49. The minimum Gasteiger partial charge on any atom is -0.497 e. The highest BCUT2D eigenvalue weighted by molar-refractivity contribution is 8.00. The van der Waals surface area contributed by atoms with Crippen LogP contribution in [0.1, 0.15) is 19.4 Å². The van der Waals surface area contributed by atoms with Crippen LogP contribution in [0.5, 0.6) is 5.75 Å². The van der Waals surface area contributed by atoms with Gasteiger partial charge in [0.25, 0.3) is 0 Å². The number of methoxy groups -OCH3 is 1.